The summed E-state index contributed by atoms with van der Waals surface area (Å²) in [6.45, 7) is 4.94. The van der Waals surface area contributed by atoms with Crippen molar-refractivity contribution in [2.45, 2.75) is 56.2 Å². The highest BCUT2D eigenvalue weighted by Gasteiger charge is 2.60. The lowest BCUT2D eigenvalue weighted by Crippen LogP contribution is -2.63. The van der Waals surface area contributed by atoms with E-state index < -0.39 is 24.1 Å². The molecule has 5 N–H and O–H groups in total. The van der Waals surface area contributed by atoms with Crippen LogP contribution in [-0.2, 0) is 9.59 Å². The molecule has 0 aromatic rings. The fourth-order valence-electron chi connectivity index (χ4n) is 4.47. The Balaban J connectivity index is 0.00000280. The quantitative estimate of drug-likeness (QED) is 0.338. The molecule has 0 aliphatic carbocycles. The van der Waals surface area contributed by atoms with E-state index in [-0.39, 0.29) is 47.3 Å². The number of aliphatic hydroxyl groups is 2. The molecule has 0 unspecified atom stereocenters. The molecule has 0 bridgehead atoms. The second kappa shape index (κ2) is 9.32. The van der Waals surface area contributed by atoms with Crippen LogP contribution >= 0.6 is 24.2 Å². The molecule has 3 aliphatic rings. The number of amides is 1. The normalized spacial score (nSPS) is 34.0. The van der Waals surface area contributed by atoms with E-state index in [0.717, 1.165) is 13.0 Å². The first-order valence-corrected chi connectivity index (χ1v) is 10.4. The topological polar surface area (TPSA) is 122 Å². The Morgan fingerprint density at radius 3 is 2.68 bits per heavy atom. The number of aliphatic hydroxyl groups excluding tert-OH is 2. The van der Waals surface area contributed by atoms with Crippen molar-refractivity contribution in [1.29, 1.82) is 0 Å². The molecule has 7 atom stereocenters. The molecule has 0 saturated carbocycles. The van der Waals surface area contributed by atoms with Gasteiger partial charge in [0.15, 0.2) is 0 Å². The van der Waals surface area contributed by atoms with E-state index in [0.29, 0.717) is 17.9 Å². The number of hydrogen-bond acceptors (Lipinski definition) is 7. The van der Waals surface area contributed by atoms with Gasteiger partial charge in [-0.3, -0.25) is 4.79 Å². The standard InChI is InChI=1S/C18H29N3O5S.ClH/c1-8-14-13(9(2)22)17(24)21(14)15(18(25)26)16(8)27-10-6-11(20-7-10)12(23)4-5-19-3;/h8-14,19-20,22-23H,4-7H2,1-3H3,(H,25,26);1H/t8-,9+,10+,11+,12-,13-,14-;/m1./s1. The maximum atomic E-state index is 12.4. The van der Waals surface area contributed by atoms with Crippen LogP contribution in [-0.4, -0.2) is 81.8 Å². The number of aliphatic carboxylic acids is 1. The minimum atomic E-state index is -1.10. The Kier molecular flexibility index (Phi) is 7.80. The molecule has 0 radical (unpaired) electrons. The molecule has 2 fully saturated rings. The molecule has 2 saturated heterocycles. The van der Waals surface area contributed by atoms with Crippen LogP contribution in [0.15, 0.2) is 10.6 Å². The first kappa shape index (κ1) is 23.4. The highest BCUT2D eigenvalue weighted by molar-refractivity contribution is 8.03. The third kappa shape index (κ3) is 4.06. The first-order valence-electron chi connectivity index (χ1n) is 9.49. The summed E-state index contributed by atoms with van der Waals surface area (Å²) in [6, 6.07) is -0.289. The second-order valence-corrected chi connectivity index (χ2v) is 9.06. The average molecular weight is 436 g/mol. The second-order valence-electron chi connectivity index (χ2n) is 7.72. The van der Waals surface area contributed by atoms with E-state index in [1.54, 1.807) is 6.92 Å². The summed E-state index contributed by atoms with van der Waals surface area (Å²) in [5.74, 6) is -2.06. The summed E-state index contributed by atoms with van der Waals surface area (Å²) in [5, 5.41) is 36.4. The van der Waals surface area contributed by atoms with E-state index in [2.05, 4.69) is 10.6 Å². The van der Waals surface area contributed by atoms with Gasteiger partial charge >= 0.3 is 5.97 Å². The summed E-state index contributed by atoms with van der Waals surface area (Å²) in [4.78, 5) is 26.3. The van der Waals surface area contributed by atoms with Crippen LogP contribution in [0.3, 0.4) is 0 Å². The van der Waals surface area contributed by atoms with Gasteiger partial charge in [0.1, 0.15) is 5.70 Å². The summed E-state index contributed by atoms with van der Waals surface area (Å²) < 4.78 is 0. The number of nitrogens with zero attached hydrogens (tertiary/aromatic N) is 1. The zero-order valence-electron chi connectivity index (χ0n) is 16.3. The fourth-order valence-corrected chi connectivity index (χ4v) is 5.96. The third-order valence-corrected chi connectivity index (χ3v) is 7.40. The van der Waals surface area contributed by atoms with E-state index in [1.807, 2.05) is 14.0 Å². The molecule has 3 rings (SSSR count). The zero-order valence-corrected chi connectivity index (χ0v) is 17.9. The molecule has 0 aromatic heterocycles. The van der Waals surface area contributed by atoms with Crippen molar-refractivity contribution >= 4 is 36.0 Å². The molecular formula is C18H30ClN3O5S. The molecule has 1 amide bonds. The summed E-state index contributed by atoms with van der Waals surface area (Å²) in [5.41, 5.74) is 0.0681. The van der Waals surface area contributed by atoms with E-state index in [9.17, 15) is 24.9 Å². The fraction of sp³-hybridized carbons (Fsp3) is 0.778. The van der Waals surface area contributed by atoms with Gasteiger partial charge in [0, 0.05) is 28.7 Å². The molecule has 160 valence electrons. The average Bonchev–Trinajstić information content (AvgIpc) is 3.15. The van der Waals surface area contributed by atoms with Gasteiger partial charge < -0.3 is 30.9 Å². The van der Waals surface area contributed by atoms with Crippen LogP contribution in [0.2, 0.25) is 0 Å². The monoisotopic (exact) mass is 435 g/mol. The predicted molar refractivity (Wildman–Crippen MR) is 109 cm³/mol. The number of carboxylic acid groups (broad SMARTS) is 1. The van der Waals surface area contributed by atoms with Crippen molar-refractivity contribution in [3.8, 4) is 0 Å². The Labute approximate surface area is 175 Å². The van der Waals surface area contributed by atoms with Gasteiger partial charge in [0.25, 0.3) is 0 Å². The van der Waals surface area contributed by atoms with Gasteiger partial charge in [0.05, 0.1) is 24.2 Å². The van der Waals surface area contributed by atoms with Crippen molar-refractivity contribution in [3.63, 3.8) is 0 Å². The minimum absolute atomic E-state index is 0. The van der Waals surface area contributed by atoms with Gasteiger partial charge in [-0.15, -0.1) is 24.2 Å². The molecule has 3 heterocycles. The minimum Gasteiger partial charge on any atom is -0.477 e. The SMILES string of the molecule is CNCC[C@@H](O)[C@@H]1C[C@H](SC2=C(C(=O)O)N3C(=O)[C@H]([C@H](C)O)[C@H]3[C@H]2C)CN1.Cl. The van der Waals surface area contributed by atoms with Crippen molar-refractivity contribution in [1.82, 2.24) is 15.5 Å². The summed E-state index contributed by atoms with van der Waals surface area (Å²) >= 11 is 1.50. The highest BCUT2D eigenvalue weighted by Crippen LogP contribution is 2.51. The Bertz CT molecular complexity index is 647. The van der Waals surface area contributed by atoms with Gasteiger partial charge in [-0.1, -0.05) is 6.92 Å². The van der Waals surface area contributed by atoms with E-state index in [1.165, 1.54) is 16.7 Å². The number of rotatable bonds is 8. The largest absolute Gasteiger partial charge is 0.477 e. The van der Waals surface area contributed by atoms with Gasteiger partial charge in [0.2, 0.25) is 5.91 Å². The number of carboxylic acids is 1. The summed E-state index contributed by atoms with van der Waals surface area (Å²) in [7, 11) is 1.85. The highest BCUT2D eigenvalue weighted by atomic mass is 35.5. The summed E-state index contributed by atoms with van der Waals surface area (Å²) in [6.07, 6.45) is 0.168. The van der Waals surface area contributed by atoms with Crippen LogP contribution < -0.4 is 10.6 Å². The zero-order chi connectivity index (χ0) is 19.9. The van der Waals surface area contributed by atoms with Crippen LogP contribution in [0.1, 0.15) is 26.7 Å². The molecule has 0 spiro atoms. The van der Waals surface area contributed by atoms with Gasteiger partial charge in [-0.2, -0.15) is 0 Å². The number of thioether (sulfide) groups is 1. The van der Waals surface area contributed by atoms with Gasteiger partial charge in [-0.25, -0.2) is 4.79 Å². The van der Waals surface area contributed by atoms with Crippen LogP contribution in [0, 0.1) is 11.8 Å². The first-order chi connectivity index (χ1) is 12.8. The van der Waals surface area contributed by atoms with E-state index in [4.69, 9.17) is 0 Å². The number of β-lactam (4-membered cyclic amide) rings is 1. The maximum absolute atomic E-state index is 12.4. The molecule has 3 aliphatic heterocycles. The van der Waals surface area contributed by atoms with Crippen LogP contribution in [0.25, 0.3) is 0 Å². The molecule has 28 heavy (non-hydrogen) atoms. The van der Waals surface area contributed by atoms with Crippen molar-refractivity contribution in [3.05, 3.63) is 10.6 Å². The Hall–Kier alpha value is -0.840. The van der Waals surface area contributed by atoms with Crippen LogP contribution in [0.5, 0.6) is 0 Å². The van der Waals surface area contributed by atoms with Crippen molar-refractivity contribution in [2.24, 2.45) is 11.8 Å². The third-order valence-electron chi connectivity index (χ3n) is 5.88. The van der Waals surface area contributed by atoms with Crippen molar-refractivity contribution in [2.75, 3.05) is 20.1 Å². The smallest absolute Gasteiger partial charge is 0.353 e. The molecular weight excluding hydrogens is 406 g/mol. The Morgan fingerprint density at radius 1 is 1.43 bits per heavy atom. The molecule has 8 nitrogen and oxygen atoms in total. The predicted octanol–water partition coefficient (Wildman–Crippen LogP) is -0.00400. The number of fused-ring (bicyclic) bond motifs is 1. The number of hydrogen-bond donors (Lipinski definition) is 5. The van der Waals surface area contributed by atoms with Crippen molar-refractivity contribution < 1.29 is 24.9 Å². The maximum Gasteiger partial charge on any atom is 0.353 e. The molecule has 10 heteroatoms. The lowest BCUT2D eigenvalue weighted by Gasteiger charge is -2.46. The number of halogens is 1. The van der Waals surface area contributed by atoms with Crippen LogP contribution in [0.4, 0.5) is 0 Å². The lowest BCUT2D eigenvalue weighted by atomic mass is 9.79. The molecule has 0 aromatic carbocycles. The van der Waals surface area contributed by atoms with Gasteiger partial charge in [-0.05, 0) is 33.4 Å². The lowest BCUT2D eigenvalue weighted by molar-refractivity contribution is -0.163. The number of carbonyl (C=O) groups excluding carboxylic acids is 1. The van der Waals surface area contributed by atoms with E-state index >= 15 is 0 Å². The Morgan fingerprint density at radius 2 is 2.11 bits per heavy atom. The number of nitrogens with one attached hydrogen (secondary N) is 2. The number of carbonyl (C=O) groups is 2.